The fourth-order valence-corrected chi connectivity index (χ4v) is 4.20. The minimum atomic E-state index is -0.377. The fraction of sp³-hybridized carbons (Fsp3) is 0.333. The van der Waals surface area contributed by atoms with Gasteiger partial charge in [0.2, 0.25) is 0 Å². The number of hydrogen-bond acceptors (Lipinski definition) is 4. The van der Waals surface area contributed by atoms with Crippen LogP contribution in [0.5, 0.6) is 11.5 Å². The average Bonchev–Trinajstić information content (AvgIpc) is 2.72. The molecule has 0 spiro atoms. The lowest BCUT2D eigenvalue weighted by molar-refractivity contribution is -0.123. The summed E-state index contributed by atoms with van der Waals surface area (Å²) in [7, 11) is 0. The first-order valence-corrected chi connectivity index (χ1v) is 10.8. The summed E-state index contributed by atoms with van der Waals surface area (Å²) in [5, 5.41) is 16.0. The summed E-state index contributed by atoms with van der Waals surface area (Å²) in [6.45, 7) is 11.1. The highest BCUT2D eigenvalue weighted by Gasteiger charge is 2.27. The number of rotatable bonds is 7. The Labute approximate surface area is 190 Å². The Morgan fingerprint density at radius 3 is 2.38 bits per heavy atom. The number of phenolic OH excluding ortho intramolecular Hbond substituents is 1. The van der Waals surface area contributed by atoms with Gasteiger partial charge in [-0.05, 0) is 51.8 Å². The second-order valence-corrected chi connectivity index (χ2v) is 9.95. The molecule has 0 unspecified atom stereocenters. The topological polar surface area (TPSA) is 70.9 Å². The number of nitrogens with one attached hydrogen (secondary N) is 1. The van der Waals surface area contributed by atoms with Gasteiger partial charge in [0.25, 0.3) is 5.91 Å². The largest absolute Gasteiger partial charge is 0.507 e. The molecule has 0 bridgehead atoms. The predicted molar refractivity (Wildman–Crippen MR) is 130 cm³/mol. The number of nitrogens with zero attached hydrogens (tertiary/aromatic N) is 1. The lowest BCUT2D eigenvalue weighted by Gasteiger charge is -2.33. The second kappa shape index (κ2) is 9.43. The number of hydrazone groups is 1. The summed E-state index contributed by atoms with van der Waals surface area (Å²) in [4.78, 5) is 12.1. The molecule has 3 rings (SSSR count). The van der Waals surface area contributed by atoms with Crippen molar-refractivity contribution in [3.8, 4) is 11.5 Å². The van der Waals surface area contributed by atoms with E-state index in [0.29, 0.717) is 11.3 Å². The highest BCUT2D eigenvalue weighted by Crippen LogP contribution is 2.36. The van der Waals surface area contributed by atoms with Crippen molar-refractivity contribution >= 4 is 22.9 Å². The lowest BCUT2D eigenvalue weighted by atomic mass is 9.72. The number of amides is 1. The highest BCUT2D eigenvalue weighted by atomic mass is 16.5. The van der Waals surface area contributed by atoms with Gasteiger partial charge in [0.05, 0.1) is 6.21 Å². The molecule has 3 aromatic carbocycles. The normalized spacial score (nSPS) is 12.3. The van der Waals surface area contributed by atoms with Gasteiger partial charge in [-0.25, -0.2) is 5.43 Å². The minimum Gasteiger partial charge on any atom is -0.507 e. The predicted octanol–water partition coefficient (Wildman–Crippen LogP) is 5.79. The van der Waals surface area contributed by atoms with E-state index in [1.54, 1.807) is 6.07 Å². The third-order valence-electron chi connectivity index (χ3n) is 5.31. The van der Waals surface area contributed by atoms with Crippen molar-refractivity contribution in [3.05, 3.63) is 71.8 Å². The maximum atomic E-state index is 12.1. The molecule has 5 nitrogen and oxygen atoms in total. The molecule has 1 amide bonds. The molecule has 0 aliphatic rings. The molecule has 0 radical (unpaired) electrons. The van der Waals surface area contributed by atoms with Gasteiger partial charge in [-0.15, -0.1) is 0 Å². The number of carbonyl (C=O) groups is 1. The monoisotopic (exact) mass is 432 g/mol. The van der Waals surface area contributed by atoms with Crippen molar-refractivity contribution in [2.45, 2.75) is 46.5 Å². The third-order valence-corrected chi connectivity index (χ3v) is 5.31. The zero-order chi connectivity index (χ0) is 23.4. The van der Waals surface area contributed by atoms with E-state index < -0.39 is 0 Å². The number of phenols is 1. The van der Waals surface area contributed by atoms with Crippen LogP contribution in [0.4, 0.5) is 0 Å². The number of ether oxygens (including phenoxy) is 1. The number of benzene rings is 3. The Hall–Kier alpha value is -3.34. The van der Waals surface area contributed by atoms with Crippen molar-refractivity contribution in [2.24, 2.45) is 10.5 Å². The fourth-order valence-electron chi connectivity index (χ4n) is 4.20. The van der Waals surface area contributed by atoms with Crippen LogP contribution in [0.2, 0.25) is 0 Å². The van der Waals surface area contributed by atoms with Crippen molar-refractivity contribution in [3.63, 3.8) is 0 Å². The maximum Gasteiger partial charge on any atom is 0.277 e. The van der Waals surface area contributed by atoms with Crippen molar-refractivity contribution in [2.75, 3.05) is 6.61 Å². The second-order valence-electron chi connectivity index (χ2n) is 9.95. The third kappa shape index (κ3) is 6.10. The standard InChI is InChI=1S/C27H32N2O3/c1-26(2,3)18-27(4,5)20-11-13-21(14-12-20)32-17-25(31)29-28-16-23-22-9-7-6-8-19(22)10-15-24(23)30/h6-16,30H,17-18H2,1-5H3,(H,29,31)/b28-16+. The summed E-state index contributed by atoms with van der Waals surface area (Å²) < 4.78 is 5.60. The van der Waals surface area contributed by atoms with Crippen molar-refractivity contribution in [1.82, 2.24) is 5.43 Å². The van der Waals surface area contributed by atoms with Crippen LogP contribution in [0.1, 0.15) is 52.2 Å². The molecule has 0 saturated carbocycles. The summed E-state index contributed by atoms with van der Waals surface area (Å²) >= 11 is 0. The van der Waals surface area contributed by atoms with Crippen LogP contribution in [0, 0.1) is 5.41 Å². The van der Waals surface area contributed by atoms with Crippen LogP contribution >= 0.6 is 0 Å². The van der Waals surface area contributed by atoms with E-state index in [4.69, 9.17) is 4.74 Å². The zero-order valence-corrected chi connectivity index (χ0v) is 19.5. The molecule has 0 fully saturated rings. The number of hydrogen-bond donors (Lipinski definition) is 2. The van der Waals surface area contributed by atoms with Crippen LogP contribution in [0.25, 0.3) is 10.8 Å². The first-order chi connectivity index (χ1) is 15.0. The number of carbonyl (C=O) groups excluding carboxylic acids is 1. The van der Waals surface area contributed by atoms with Crippen LogP contribution in [0.3, 0.4) is 0 Å². The molecule has 3 aromatic rings. The molecule has 0 aromatic heterocycles. The van der Waals surface area contributed by atoms with Gasteiger partial charge < -0.3 is 9.84 Å². The lowest BCUT2D eigenvalue weighted by Crippen LogP contribution is -2.25. The van der Waals surface area contributed by atoms with Crippen LogP contribution in [0.15, 0.2) is 65.8 Å². The van der Waals surface area contributed by atoms with Crippen LogP contribution < -0.4 is 10.2 Å². The Bertz CT molecular complexity index is 1110. The molecule has 0 aliphatic carbocycles. The van der Waals surface area contributed by atoms with Crippen molar-refractivity contribution < 1.29 is 14.6 Å². The molecule has 5 heteroatoms. The van der Waals surface area contributed by atoms with Gasteiger partial charge in [-0.1, -0.05) is 77.1 Å². The zero-order valence-electron chi connectivity index (χ0n) is 19.5. The molecule has 32 heavy (non-hydrogen) atoms. The Morgan fingerprint density at radius 1 is 1.00 bits per heavy atom. The van der Waals surface area contributed by atoms with Gasteiger partial charge in [-0.2, -0.15) is 5.10 Å². The van der Waals surface area contributed by atoms with E-state index in [0.717, 1.165) is 17.2 Å². The van der Waals surface area contributed by atoms with E-state index in [9.17, 15) is 9.90 Å². The quantitative estimate of drug-likeness (QED) is 0.367. The van der Waals surface area contributed by atoms with Crippen LogP contribution in [-0.4, -0.2) is 23.8 Å². The van der Waals surface area contributed by atoms with E-state index in [1.807, 2.05) is 42.5 Å². The minimum absolute atomic E-state index is 0.0516. The molecule has 2 N–H and O–H groups in total. The van der Waals surface area contributed by atoms with Gasteiger partial charge in [-0.3, -0.25) is 4.79 Å². The number of fused-ring (bicyclic) bond motifs is 1. The summed E-state index contributed by atoms with van der Waals surface area (Å²) in [5.74, 6) is 0.358. The molecule has 0 saturated heterocycles. The average molecular weight is 433 g/mol. The van der Waals surface area contributed by atoms with Gasteiger partial charge in [0, 0.05) is 5.56 Å². The Morgan fingerprint density at radius 2 is 1.69 bits per heavy atom. The highest BCUT2D eigenvalue weighted by molar-refractivity contribution is 6.02. The molecule has 168 valence electrons. The van der Waals surface area contributed by atoms with Crippen LogP contribution in [-0.2, 0) is 10.2 Å². The Kier molecular flexibility index (Phi) is 6.87. The first-order valence-electron chi connectivity index (χ1n) is 10.8. The molecule has 0 aliphatic heterocycles. The van der Waals surface area contributed by atoms with E-state index in [-0.39, 0.29) is 29.1 Å². The molecular weight excluding hydrogens is 400 g/mol. The molecule has 0 heterocycles. The smallest absolute Gasteiger partial charge is 0.277 e. The molecule has 0 atom stereocenters. The van der Waals surface area contributed by atoms with Gasteiger partial charge in [0.1, 0.15) is 11.5 Å². The summed E-state index contributed by atoms with van der Waals surface area (Å²) in [6, 6.07) is 19.0. The number of aromatic hydroxyl groups is 1. The molecular formula is C27H32N2O3. The van der Waals surface area contributed by atoms with Crippen molar-refractivity contribution in [1.29, 1.82) is 0 Å². The first kappa shape index (κ1) is 23.3. The summed E-state index contributed by atoms with van der Waals surface area (Å²) in [5.41, 5.74) is 4.53. The SMILES string of the molecule is CC(C)(C)CC(C)(C)c1ccc(OCC(=O)N/N=C/c2c(O)ccc3ccccc23)cc1. The summed E-state index contributed by atoms with van der Waals surface area (Å²) in [6.07, 6.45) is 2.51. The van der Waals surface area contributed by atoms with Gasteiger partial charge >= 0.3 is 0 Å². The van der Waals surface area contributed by atoms with E-state index >= 15 is 0 Å². The maximum absolute atomic E-state index is 12.1. The Balaban J connectivity index is 1.56. The van der Waals surface area contributed by atoms with Gasteiger partial charge in [0.15, 0.2) is 6.61 Å². The van der Waals surface area contributed by atoms with E-state index in [1.165, 1.54) is 11.8 Å². The van der Waals surface area contributed by atoms with E-state index in [2.05, 4.69) is 57.3 Å².